The fourth-order valence-corrected chi connectivity index (χ4v) is 1.43. The van der Waals surface area contributed by atoms with Gasteiger partial charge < -0.3 is 0 Å². The number of hydrogen-bond acceptors (Lipinski definition) is 5. The predicted octanol–water partition coefficient (Wildman–Crippen LogP) is -0.523. The van der Waals surface area contributed by atoms with Gasteiger partial charge in [0.2, 0.25) is 10.0 Å². The summed E-state index contributed by atoms with van der Waals surface area (Å²) in [6.45, 7) is 5.72. The van der Waals surface area contributed by atoms with Crippen molar-refractivity contribution in [3.05, 3.63) is 5.82 Å². The molecule has 0 bridgehead atoms. The maximum atomic E-state index is 11.2. The maximum Gasteiger partial charge on any atom is 0.218 e. The molecule has 0 aromatic carbocycles. The summed E-state index contributed by atoms with van der Waals surface area (Å²) in [6, 6.07) is 0. The molecule has 7 nitrogen and oxygen atoms in total. The van der Waals surface area contributed by atoms with Crippen molar-refractivity contribution >= 4 is 10.0 Å². The SMILES string of the molecule is CNS(=O)(=O)Cc1nnn(C(C)(C)C)n1. The Bertz CT molecular complexity index is 430. The van der Waals surface area contributed by atoms with E-state index in [1.807, 2.05) is 20.8 Å². The number of hydrogen-bond donors (Lipinski definition) is 1. The quantitative estimate of drug-likeness (QED) is 0.758. The summed E-state index contributed by atoms with van der Waals surface area (Å²) < 4.78 is 24.6. The number of rotatable bonds is 3. The van der Waals surface area contributed by atoms with E-state index in [-0.39, 0.29) is 17.1 Å². The molecule has 0 radical (unpaired) electrons. The molecule has 8 heteroatoms. The molecule has 0 saturated heterocycles. The monoisotopic (exact) mass is 233 g/mol. The normalized spacial score (nSPS) is 13.1. The van der Waals surface area contributed by atoms with Gasteiger partial charge in [-0.2, -0.15) is 4.80 Å². The van der Waals surface area contributed by atoms with Crippen molar-refractivity contribution in [3.8, 4) is 0 Å². The lowest BCUT2D eigenvalue weighted by molar-refractivity contribution is 0.305. The van der Waals surface area contributed by atoms with Crippen LogP contribution in [0, 0.1) is 0 Å². The Morgan fingerprint density at radius 2 is 2.00 bits per heavy atom. The van der Waals surface area contributed by atoms with Crippen molar-refractivity contribution in [3.63, 3.8) is 0 Å². The van der Waals surface area contributed by atoms with E-state index in [0.717, 1.165) is 0 Å². The number of aromatic nitrogens is 4. The van der Waals surface area contributed by atoms with Gasteiger partial charge in [0.1, 0.15) is 5.75 Å². The van der Waals surface area contributed by atoms with Gasteiger partial charge in [-0.25, -0.2) is 13.1 Å². The first-order chi connectivity index (χ1) is 6.74. The fraction of sp³-hybridized carbons (Fsp3) is 0.857. The Hall–Kier alpha value is -1.02. The average molecular weight is 233 g/mol. The second-order valence-electron chi connectivity index (χ2n) is 4.13. The van der Waals surface area contributed by atoms with Crippen molar-refractivity contribution in [2.75, 3.05) is 7.05 Å². The minimum Gasteiger partial charge on any atom is -0.218 e. The highest BCUT2D eigenvalue weighted by Gasteiger charge is 2.19. The maximum absolute atomic E-state index is 11.2. The molecule has 0 amide bonds. The van der Waals surface area contributed by atoms with E-state index >= 15 is 0 Å². The van der Waals surface area contributed by atoms with E-state index in [2.05, 4.69) is 20.1 Å². The Balaban J connectivity index is 2.87. The number of nitrogens with zero attached hydrogens (tertiary/aromatic N) is 4. The summed E-state index contributed by atoms with van der Waals surface area (Å²) in [5, 5.41) is 11.5. The predicted molar refractivity (Wildman–Crippen MR) is 54.5 cm³/mol. The largest absolute Gasteiger partial charge is 0.218 e. The first kappa shape index (κ1) is 12.1. The van der Waals surface area contributed by atoms with Crippen molar-refractivity contribution in [2.45, 2.75) is 32.1 Å². The summed E-state index contributed by atoms with van der Waals surface area (Å²) in [5.74, 6) is -0.0566. The number of nitrogens with one attached hydrogen (secondary N) is 1. The van der Waals surface area contributed by atoms with Gasteiger partial charge in [-0.3, -0.25) is 0 Å². The van der Waals surface area contributed by atoms with Gasteiger partial charge in [0, 0.05) is 0 Å². The Morgan fingerprint density at radius 3 is 2.40 bits per heavy atom. The van der Waals surface area contributed by atoms with E-state index < -0.39 is 10.0 Å². The van der Waals surface area contributed by atoms with Gasteiger partial charge in [0.15, 0.2) is 5.82 Å². The highest BCUT2D eigenvalue weighted by atomic mass is 32.2. The number of tetrazole rings is 1. The van der Waals surface area contributed by atoms with Gasteiger partial charge in [-0.1, -0.05) is 0 Å². The average Bonchev–Trinajstić information content (AvgIpc) is 2.51. The Labute approximate surface area is 88.9 Å². The zero-order chi connectivity index (χ0) is 11.7. The van der Waals surface area contributed by atoms with Gasteiger partial charge in [-0.15, -0.1) is 10.2 Å². The van der Waals surface area contributed by atoms with Gasteiger partial charge in [0.25, 0.3) is 0 Å². The lowest BCUT2D eigenvalue weighted by Gasteiger charge is -2.15. The lowest BCUT2D eigenvalue weighted by atomic mass is 10.1. The van der Waals surface area contributed by atoms with E-state index in [0.29, 0.717) is 0 Å². The molecule has 0 aliphatic rings. The van der Waals surface area contributed by atoms with Crippen LogP contribution in [0.2, 0.25) is 0 Å². The second-order valence-corrected chi connectivity index (χ2v) is 6.06. The van der Waals surface area contributed by atoms with Crippen molar-refractivity contribution in [1.82, 2.24) is 24.9 Å². The van der Waals surface area contributed by atoms with Crippen LogP contribution in [0.25, 0.3) is 0 Å². The van der Waals surface area contributed by atoms with Crippen LogP contribution in [0.15, 0.2) is 0 Å². The van der Waals surface area contributed by atoms with Crippen LogP contribution < -0.4 is 4.72 Å². The van der Waals surface area contributed by atoms with Crippen molar-refractivity contribution in [2.24, 2.45) is 0 Å². The topological polar surface area (TPSA) is 89.8 Å². The van der Waals surface area contributed by atoms with Crippen LogP contribution in [0.3, 0.4) is 0 Å². The third kappa shape index (κ3) is 3.24. The molecule has 1 N–H and O–H groups in total. The van der Waals surface area contributed by atoms with Crippen molar-refractivity contribution in [1.29, 1.82) is 0 Å². The van der Waals surface area contributed by atoms with Gasteiger partial charge in [-0.05, 0) is 33.0 Å². The molecule has 1 rings (SSSR count). The van der Waals surface area contributed by atoms with Crippen LogP contribution in [-0.2, 0) is 21.3 Å². The van der Waals surface area contributed by atoms with Crippen LogP contribution in [0.4, 0.5) is 0 Å². The molecule has 15 heavy (non-hydrogen) atoms. The summed E-state index contributed by atoms with van der Waals surface area (Å²) in [4.78, 5) is 1.40. The third-order valence-electron chi connectivity index (χ3n) is 1.69. The molecule has 1 aromatic heterocycles. The summed E-state index contributed by atoms with van der Waals surface area (Å²) in [5.41, 5.74) is -0.297. The fourth-order valence-electron chi connectivity index (χ4n) is 0.827. The molecular weight excluding hydrogens is 218 g/mol. The van der Waals surface area contributed by atoms with Crippen LogP contribution in [-0.4, -0.2) is 35.7 Å². The third-order valence-corrected chi connectivity index (χ3v) is 2.95. The highest BCUT2D eigenvalue weighted by Crippen LogP contribution is 2.09. The summed E-state index contributed by atoms with van der Waals surface area (Å²) in [6.07, 6.45) is 0. The molecule has 0 aliphatic carbocycles. The van der Waals surface area contributed by atoms with E-state index in [4.69, 9.17) is 0 Å². The molecule has 1 heterocycles. The zero-order valence-electron chi connectivity index (χ0n) is 9.22. The first-order valence-electron chi connectivity index (χ1n) is 4.45. The standard InChI is InChI=1S/C7H15N5O2S/c1-7(2,3)12-10-6(9-11-12)5-15(13,14)8-4/h8H,5H2,1-4H3. The molecule has 0 saturated carbocycles. The van der Waals surface area contributed by atoms with Gasteiger partial charge in [0.05, 0.1) is 5.54 Å². The minimum atomic E-state index is -3.33. The molecule has 1 aromatic rings. The molecule has 0 unspecified atom stereocenters. The first-order valence-corrected chi connectivity index (χ1v) is 6.10. The van der Waals surface area contributed by atoms with Crippen LogP contribution >= 0.6 is 0 Å². The molecule has 0 spiro atoms. The van der Waals surface area contributed by atoms with E-state index in [1.165, 1.54) is 11.8 Å². The Morgan fingerprint density at radius 1 is 1.40 bits per heavy atom. The molecule has 0 fully saturated rings. The molecule has 0 aliphatic heterocycles. The van der Waals surface area contributed by atoms with Crippen molar-refractivity contribution < 1.29 is 8.42 Å². The Kier molecular flexibility index (Phi) is 3.10. The lowest BCUT2D eigenvalue weighted by Crippen LogP contribution is -2.25. The molecule has 0 atom stereocenters. The highest BCUT2D eigenvalue weighted by molar-refractivity contribution is 7.88. The molecular formula is C7H15N5O2S. The summed E-state index contributed by atoms with van der Waals surface area (Å²) in [7, 11) is -1.98. The second kappa shape index (κ2) is 3.86. The van der Waals surface area contributed by atoms with Gasteiger partial charge >= 0.3 is 0 Å². The molecule has 86 valence electrons. The number of sulfonamides is 1. The minimum absolute atomic E-state index is 0.194. The van der Waals surface area contributed by atoms with E-state index in [9.17, 15) is 8.42 Å². The van der Waals surface area contributed by atoms with Crippen LogP contribution in [0.5, 0.6) is 0 Å². The van der Waals surface area contributed by atoms with E-state index in [1.54, 1.807) is 0 Å². The van der Waals surface area contributed by atoms with Crippen LogP contribution in [0.1, 0.15) is 26.6 Å². The summed E-state index contributed by atoms with van der Waals surface area (Å²) >= 11 is 0. The smallest absolute Gasteiger partial charge is 0.218 e. The zero-order valence-corrected chi connectivity index (χ0v) is 10.0.